The lowest BCUT2D eigenvalue weighted by Crippen LogP contribution is -2.44. The standard InChI is InChI=1S/C19H16N2O/c22-17-11-15-14-7-3-4-8-16(14)20-18(15)19-13-6-2-1-5-12(13)9-10-21(17)19/h1-8,19-20H,9-11H2. The first-order chi connectivity index (χ1) is 10.8. The summed E-state index contributed by atoms with van der Waals surface area (Å²) in [6, 6.07) is 16.9. The number of nitrogens with one attached hydrogen (secondary N) is 1. The molecule has 0 radical (unpaired) electrons. The molecule has 0 spiro atoms. The summed E-state index contributed by atoms with van der Waals surface area (Å²) >= 11 is 0. The van der Waals surface area contributed by atoms with Gasteiger partial charge in [-0.1, -0.05) is 42.5 Å². The molecule has 2 aliphatic heterocycles. The molecule has 5 rings (SSSR count). The van der Waals surface area contributed by atoms with Gasteiger partial charge < -0.3 is 9.88 Å². The summed E-state index contributed by atoms with van der Waals surface area (Å²) in [6.07, 6.45) is 1.46. The van der Waals surface area contributed by atoms with E-state index in [1.54, 1.807) is 0 Å². The van der Waals surface area contributed by atoms with Gasteiger partial charge in [0.2, 0.25) is 5.91 Å². The first kappa shape index (κ1) is 12.0. The van der Waals surface area contributed by atoms with Crippen molar-refractivity contribution >= 4 is 16.8 Å². The smallest absolute Gasteiger partial charge is 0.227 e. The number of fused-ring (bicyclic) bond motifs is 7. The summed E-state index contributed by atoms with van der Waals surface area (Å²) in [7, 11) is 0. The Balaban J connectivity index is 1.81. The van der Waals surface area contributed by atoms with Crippen LogP contribution >= 0.6 is 0 Å². The molecule has 0 fully saturated rings. The highest BCUT2D eigenvalue weighted by atomic mass is 16.2. The van der Waals surface area contributed by atoms with E-state index in [1.807, 2.05) is 17.0 Å². The minimum absolute atomic E-state index is 0.0496. The average Bonchev–Trinajstić information content (AvgIpc) is 2.93. The predicted octanol–water partition coefficient (Wildman–Crippen LogP) is 3.20. The van der Waals surface area contributed by atoms with Gasteiger partial charge in [0.15, 0.2) is 0 Å². The van der Waals surface area contributed by atoms with Crippen LogP contribution in [0, 0.1) is 0 Å². The maximum Gasteiger partial charge on any atom is 0.227 e. The molecule has 2 aliphatic rings. The number of hydrogen-bond acceptors (Lipinski definition) is 1. The first-order valence-corrected chi connectivity index (χ1v) is 7.79. The van der Waals surface area contributed by atoms with Crippen LogP contribution in [0.4, 0.5) is 0 Å². The fourth-order valence-corrected chi connectivity index (χ4v) is 4.04. The Hall–Kier alpha value is -2.55. The Morgan fingerprint density at radius 1 is 1.05 bits per heavy atom. The Labute approximate surface area is 128 Å². The van der Waals surface area contributed by atoms with Gasteiger partial charge in [-0.15, -0.1) is 0 Å². The highest BCUT2D eigenvalue weighted by Gasteiger charge is 2.38. The van der Waals surface area contributed by atoms with E-state index in [4.69, 9.17) is 0 Å². The lowest BCUT2D eigenvalue weighted by molar-refractivity contribution is -0.133. The monoisotopic (exact) mass is 288 g/mol. The van der Waals surface area contributed by atoms with Gasteiger partial charge in [-0.2, -0.15) is 0 Å². The fourth-order valence-electron chi connectivity index (χ4n) is 4.04. The minimum Gasteiger partial charge on any atom is -0.356 e. The van der Waals surface area contributed by atoms with Crippen LogP contribution in [-0.2, 0) is 17.6 Å². The van der Waals surface area contributed by atoms with Crippen molar-refractivity contribution < 1.29 is 4.79 Å². The number of amides is 1. The van der Waals surface area contributed by atoms with Gasteiger partial charge >= 0.3 is 0 Å². The van der Waals surface area contributed by atoms with E-state index in [0.717, 1.165) is 18.5 Å². The number of aromatic nitrogens is 1. The molecule has 0 saturated carbocycles. The molecule has 1 aromatic heterocycles. The molecule has 1 atom stereocenters. The Morgan fingerprint density at radius 3 is 2.82 bits per heavy atom. The molecule has 2 aromatic carbocycles. The van der Waals surface area contributed by atoms with Crippen LogP contribution in [0.3, 0.4) is 0 Å². The summed E-state index contributed by atoms with van der Waals surface area (Å²) in [5.74, 6) is 0.247. The number of carbonyl (C=O) groups is 1. The topological polar surface area (TPSA) is 36.1 Å². The van der Waals surface area contributed by atoms with Crippen LogP contribution in [-0.4, -0.2) is 22.3 Å². The zero-order valence-electron chi connectivity index (χ0n) is 12.2. The number of aromatic amines is 1. The molecular formula is C19H16N2O. The van der Waals surface area contributed by atoms with Gasteiger partial charge in [-0.05, 0) is 29.2 Å². The van der Waals surface area contributed by atoms with E-state index in [1.165, 1.54) is 27.8 Å². The van der Waals surface area contributed by atoms with Crippen LogP contribution < -0.4 is 0 Å². The van der Waals surface area contributed by atoms with E-state index in [9.17, 15) is 4.79 Å². The molecule has 3 heterocycles. The second-order valence-corrected chi connectivity index (χ2v) is 6.18. The highest BCUT2D eigenvalue weighted by Crippen LogP contribution is 2.41. The lowest BCUT2D eigenvalue weighted by Gasteiger charge is -2.40. The van der Waals surface area contributed by atoms with Gasteiger partial charge in [0, 0.05) is 23.1 Å². The number of para-hydroxylation sites is 1. The van der Waals surface area contributed by atoms with Crippen molar-refractivity contribution in [3.05, 3.63) is 70.9 Å². The first-order valence-electron chi connectivity index (χ1n) is 7.79. The number of carbonyl (C=O) groups excluding carboxylic acids is 1. The molecule has 0 saturated heterocycles. The number of hydrogen-bond donors (Lipinski definition) is 1. The van der Waals surface area contributed by atoms with Gasteiger partial charge in [0.05, 0.1) is 12.5 Å². The summed E-state index contributed by atoms with van der Waals surface area (Å²) in [5, 5.41) is 1.19. The van der Waals surface area contributed by atoms with E-state index < -0.39 is 0 Å². The van der Waals surface area contributed by atoms with E-state index >= 15 is 0 Å². The molecular weight excluding hydrogens is 272 g/mol. The van der Waals surface area contributed by atoms with Gasteiger partial charge in [0.1, 0.15) is 0 Å². The summed E-state index contributed by atoms with van der Waals surface area (Å²) < 4.78 is 0. The largest absolute Gasteiger partial charge is 0.356 e. The van der Waals surface area contributed by atoms with Gasteiger partial charge in [0.25, 0.3) is 0 Å². The molecule has 0 bridgehead atoms. The van der Waals surface area contributed by atoms with Crippen molar-refractivity contribution in [1.29, 1.82) is 0 Å². The second kappa shape index (κ2) is 4.23. The lowest BCUT2D eigenvalue weighted by atomic mass is 9.85. The summed E-state index contributed by atoms with van der Waals surface area (Å²) in [6.45, 7) is 0.815. The number of nitrogens with zero attached hydrogens (tertiary/aromatic N) is 1. The average molecular weight is 288 g/mol. The van der Waals surface area contributed by atoms with Crippen molar-refractivity contribution in [2.24, 2.45) is 0 Å². The third-order valence-corrected chi connectivity index (χ3v) is 5.05. The zero-order valence-corrected chi connectivity index (χ0v) is 12.2. The van der Waals surface area contributed by atoms with Crippen LogP contribution in [0.15, 0.2) is 48.5 Å². The molecule has 0 aliphatic carbocycles. The maximum absolute atomic E-state index is 12.7. The van der Waals surface area contributed by atoms with Gasteiger partial charge in [-0.3, -0.25) is 4.79 Å². The second-order valence-electron chi connectivity index (χ2n) is 6.18. The van der Waals surface area contributed by atoms with Crippen LogP contribution in [0.2, 0.25) is 0 Å². The van der Waals surface area contributed by atoms with E-state index in [-0.39, 0.29) is 11.9 Å². The van der Waals surface area contributed by atoms with Gasteiger partial charge in [-0.25, -0.2) is 0 Å². The van der Waals surface area contributed by atoms with E-state index in [2.05, 4.69) is 41.4 Å². The Morgan fingerprint density at radius 2 is 1.86 bits per heavy atom. The van der Waals surface area contributed by atoms with Crippen molar-refractivity contribution in [2.75, 3.05) is 6.54 Å². The molecule has 1 unspecified atom stereocenters. The molecule has 3 aromatic rings. The molecule has 1 amide bonds. The van der Waals surface area contributed by atoms with Crippen LogP contribution in [0.25, 0.3) is 10.9 Å². The molecule has 1 N–H and O–H groups in total. The number of rotatable bonds is 0. The van der Waals surface area contributed by atoms with Crippen molar-refractivity contribution in [3.8, 4) is 0 Å². The predicted molar refractivity (Wildman–Crippen MR) is 85.7 cm³/mol. The quantitative estimate of drug-likeness (QED) is 0.677. The highest BCUT2D eigenvalue weighted by molar-refractivity contribution is 5.93. The van der Waals surface area contributed by atoms with Crippen LogP contribution in [0.1, 0.15) is 28.4 Å². The SMILES string of the molecule is O=C1Cc2c([nH]c3ccccc23)C2c3ccccc3CCN12. The molecule has 3 nitrogen and oxygen atoms in total. The van der Waals surface area contributed by atoms with Crippen LogP contribution in [0.5, 0.6) is 0 Å². The maximum atomic E-state index is 12.7. The third kappa shape index (κ3) is 1.48. The number of H-pyrrole nitrogens is 1. The molecule has 3 heteroatoms. The number of benzene rings is 2. The zero-order chi connectivity index (χ0) is 14.7. The Kier molecular flexibility index (Phi) is 2.31. The third-order valence-electron chi connectivity index (χ3n) is 5.05. The Bertz CT molecular complexity index is 909. The van der Waals surface area contributed by atoms with Crippen molar-refractivity contribution in [1.82, 2.24) is 9.88 Å². The van der Waals surface area contributed by atoms with Crippen molar-refractivity contribution in [2.45, 2.75) is 18.9 Å². The minimum atomic E-state index is 0.0496. The van der Waals surface area contributed by atoms with E-state index in [0.29, 0.717) is 6.42 Å². The normalized spacial score (nSPS) is 19.7. The summed E-state index contributed by atoms with van der Waals surface area (Å²) in [4.78, 5) is 18.3. The molecule has 108 valence electrons. The van der Waals surface area contributed by atoms with Crippen molar-refractivity contribution in [3.63, 3.8) is 0 Å². The summed E-state index contributed by atoms with van der Waals surface area (Å²) in [5.41, 5.74) is 6.15. The molecule has 22 heavy (non-hydrogen) atoms. The fraction of sp³-hybridized carbons (Fsp3) is 0.211.